The zero-order valence-corrected chi connectivity index (χ0v) is 20.4. The Kier molecular flexibility index (Phi) is 10.0. The summed E-state index contributed by atoms with van der Waals surface area (Å²) in [6, 6.07) is 16.3. The molecule has 180 valence electrons. The minimum Gasteiger partial charge on any atom is -0.493 e. The van der Waals surface area contributed by atoms with Crippen molar-refractivity contribution < 1.29 is 14.3 Å². The molecule has 1 aliphatic heterocycles. The van der Waals surface area contributed by atoms with E-state index in [2.05, 4.69) is 53.2 Å². The largest absolute Gasteiger partial charge is 0.493 e. The van der Waals surface area contributed by atoms with Crippen LogP contribution in [-0.2, 0) is 17.9 Å². The lowest BCUT2D eigenvalue weighted by Gasteiger charge is -2.31. The van der Waals surface area contributed by atoms with Gasteiger partial charge in [-0.3, -0.25) is 9.69 Å². The predicted octanol–water partition coefficient (Wildman–Crippen LogP) is 3.94. The van der Waals surface area contributed by atoms with Crippen LogP contribution >= 0.6 is 0 Å². The quantitative estimate of drug-likeness (QED) is 0.528. The van der Waals surface area contributed by atoms with E-state index in [1.54, 1.807) is 7.11 Å². The first-order valence-electron chi connectivity index (χ1n) is 12.2. The average Bonchev–Trinajstić information content (AvgIpc) is 2.86. The molecule has 0 aliphatic carbocycles. The van der Waals surface area contributed by atoms with E-state index >= 15 is 0 Å². The van der Waals surface area contributed by atoms with Crippen LogP contribution in [0.25, 0.3) is 0 Å². The van der Waals surface area contributed by atoms with Crippen molar-refractivity contribution in [1.82, 2.24) is 15.1 Å². The molecule has 0 saturated carbocycles. The highest BCUT2D eigenvalue weighted by atomic mass is 16.5. The number of nitrogens with one attached hydrogen (secondary N) is 1. The predicted molar refractivity (Wildman–Crippen MR) is 133 cm³/mol. The summed E-state index contributed by atoms with van der Waals surface area (Å²) in [7, 11) is 1.68. The SMILES string of the molecule is CCN(CC)CCNC(=O)C1CCN(Cc2ccc(OCc3ccccc3)c(OC)c2)CC1. The Morgan fingerprint density at radius 3 is 2.42 bits per heavy atom. The molecule has 6 heteroatoms. The standard InChI is InChI=1S/C27H39N3O3/c1-4-29(5-2)18-15-28-27(31)24-13-16-30(17-14-24)20-23-11-12-25(26(19-23)32-3)33-21-22-9-7-6-8-10-22/h6-12,19,24H,4-5,13-18,20-21H2,1-3H3,(H,28,31). The number of hydrogen-bond donors (Lipinski definition) is 1. The van der Waals surface area contributed by atoms with Crippen molar-refractivity contribution in [1.29, 1.82) is 0 Å². The summed E-state index contributed by atoms with van der Waals surface area (Å²) in [4.78, 5) is 17.3. The van der Waals surface area contributed by atoms with Gasteiger partial charge in [0.05, 0.1) is 7.11 Å². The minimum absolute atomic E-state index is 0.126. The highest BCUT2D eigenvalue weighted by molar-refractivity contribution is 5.78. The monoisotopic (exact) mass is 453 g/mol. The molecule has 1 saturated heterocycles. The molecular weight excluding hydrogens is 414 g/mol. The summed E-state index contributed by atoms with van der Waals surface area (Å²) in [5.74, 6) is 1.85. The number of carbonyl (C=O) groups is 1. The van der Waals surface area contributed by atoms with Crippen molar-refractivity contribution in [2.24, 2.45) is 5.92 Å². The molecule has 0 atom stereocenters. The summed E-state index contributed by atoms with van der Waals surface area (Å²) in [6.45, 7) is 11.2. The third kappa shape index (κ3) is 7.76. The second-order valence-electron chi connectivity index (χ2n) is 8.63. The molecule has 33 heavy (non-hydrogen) atoms. The molecule has 1 fully saturated rings. The highest BCUT2D eigenvalue weighted by Gasteiger charge is 2.25. The van der Waals surface area contributed by atoms with Crippen LogP contribution in [0, 0.1) is 5.92 Å². The lowest BCUT2D eigenvalue weighted by Crippen LogP contribution is -2.42. The second-order valence-corrected chi connectivity index (χ2v) is 8.63. The van der Waals surface area contributed by atoms with Gasteiger partial charge in [-0.15, -0.1) is 0 Å². The number of piperidine rings is 1. The van der Waals surface area contributed by atoms with Gasteiger partial charge in [-0.05, 0) is 62.3 Å². The number of carbonyl (C=O) groups excluding carboxylic acids is 1. The summed E-state index contributed by atoms with van der Waals surface area (Å²) >= 11 is 0. The number of hydrogen-bond acceptors (Lipinski definition) is 5. The Morgan fingerprint density at radius 1 is 1.03 bits per heavy atom. The number of likely N-dealkylation sites (N-methyl/N-ethyl adjacent to an activating group) is 1. The summed E-state index contributed by atoms with van der Waals surface area (Å²) < 4.78 is 11.6. The zero-order chi connectivity index (χ0) is 23.5. The number of nitrogens with zero attached hydrogens (tertiary/aromatic N) is 2. The summed E-state index contributed by atoms with van der Waals surface area (Å²) in [6.07, 6.45) is 1.82. The molecule has 2 aromatic carbocycles. The van der Waals surface area contributed by atoms with E-state index in [1.165, 1.54) is 5.56 Å². The van der Waals surface area contributed by atoms with Crippen molar-refractivity contribution in [3.05, 3.63) is 59.7 Å². The molecule has 1 aliphatic rings. The molecular formula is C27H39N3O3. The van der Waals surface area contributed by atoms with Crippen LogP contribution in [0.15, 0.2) is 48.5 Å². The summed E-state index contributed by atoms with van der Waals surface area (Å²) in [5.41, 5.74) is 2.32. The fourth-order valence-corrected chi connectivity index (χ4v) is 4.30. The van der Waals surface area contributed by atoms with Gasteiger partial charge in [0.15, 0.2) is 11.5 Å². The van der Waals surface area contributed by atoms with E-state index in [0.29, 0.717) is 6.61 Å². The average molecular weight is 454 g/mol. The number of methoxy groups -OCH3 is 1. The Hall–Kier alpha value is -2.57. The number of rotatable bonds is 12. The van der Waals surface area contributed by atoms with E-state index in [4.69, 9.17) is 9.47 Å². The molecule has 0 spiro atoms. The Bertz CT molecular complexity index is 847. The molecule has 0 unspecified atom stereocenters. The first-order chi connectivity index (χ1) is 16.1. The van der Waals surface area contributed by atoms with Gasteiger partial charge >= 0.3 is 0 Å². The van der Waals surface area contributed by atoms with Crippen molar-refractivity contribution in [2.75, 3.05) is 46.4 Å². The molecule has 1 heterocycles. The zero-order valence-electron chi connectivity index (χ0n) is 20.4. The van der Waals surface area contributed by atoms with Gasteiger partial charge < -0.3 is 19.7 Å². The molecule has 0 radical (unpaired) electrons. The van der Waals surface area contributed by atoms with Crippen LogP contribution in [0.5, 0.6) is 11.5 Å². The molecule has 2 aromatic rings. The second kappa shape index (κ2) is 13.2. The van der Waals surface area contributed by atoms with E-state index in [0.717, 1.165) is 75.7 Å². The van der Waals surface area contributed by atoms with E-state index < -0.39 is 0 Å². The van der Waals surface area contributed by atoms with Gasteiger partial charge in [-0.1, -0.05) is 50.2 Å². The fraction of sp³-hybridized carbons (Fsp3) is 0.519. The van der Waals surface area contributed by atoms with Crippen molar-refractivity contribution >= 4 is 5.91 Å². The molecule has 6 nitrogen and oxygen atoms in total. The fourth-order valence-electron chi connectivity index (χ4n) is 4.30. The van der Waals surface area contributed by atoms with Gasteiger partial charge in [0.2, 0.25) is 5.91 Å². The lowest BCUT2D eigenvalue weighted by atomic mass is 9.95. The number of benzene rings is 2. The maximum absolute atomic E-state index is 12.5. The molecule has 3 rings (SSSR count). The van der Waals surface area contributed by atoms with Gasteiger partial charge in [-0.25, -0.2) is 0 Å². The maximum atomic E-state index is 12.5. The normalized spacial score (nSPS) is 14.9. The van der Waals surface area contributed by atoms with Crippen molar-refractivity contribution in [3.63, 3.8) is 0 Å². The number of amides is 1. The van der Waals surface area contributed by atoms with Crippen LogP contribution in [-0.4, -0.2) is 62.1 Å². The number of ether oxygens (including phenoxy) is 2. The van der Waals surface area contributed by atoms with Gasteiger partial charge in [0, 0.05) is 25.6 Å². The highest BCUT2D eigenvalue weighted by Crippen LogP contribution is 2.30. The lowest BCUT2D eigenvalue weighted by molar-refractivity contribution is -0.126. The first-order valence-corrected chi connectivity index (χ1v) is 12.2. The van der Waals surface area contributed by atoms with Crippen LogP contribution in [0.3, 0.4) is 0 Å². The Morgan fingerprint density at radius 2 is 1.76 bits per heavy atom. The number of likely N-dealkylation sites (tertiary alicyclic amines) is 1. The van der Waals surface area contributed by atoms with Crippen LogP contribution < -0.4 is 14.8 Å². The van der Waals surface area contributed by atoms with E-state index in [9.17, 15) is 4.79 Å². The molecule has 0 aromatic heterocycles. The Labute approximate surface area is 198 Å². The first kappa shape index (κ1) is 25.1. The third-order valence-corrected chi connectivity index (χ3v) is 6.45. The smallest absolute Gasteiger partial charge is 0.223 e. The van der Waals surface area contributed by atoms with Gasteiger partial charge in [0.1, 0.15) is 6.61 Å². The molecule has 0 bridgehead atoms. The van der Waals surface area contributed by atoms with Crippen molar-refractivity contribution in [2.45, 2.75) is 39.8 Å². The van der Waals surface area contributed by atoms with Crippen LogP contribution in [0.4, 0.5) is 0 Å². The van der Waals surface area contributed by atoms with Crippen LogP contribution in [0.2, 0.25) is 0 Å². The Balaban J connectivity index is 1.44. The minimum atomic E-state index is 0.126. The van der Waals surface area contributed by atoms with Crippen LogP contribution in [0.1, 0.15) is 37.8 Å². The maximum Gasteiger partial charge on any atom is 0.223 e. The van der Waals surface area contributed by atoms with Gasteiger partial charge in [-0.2, -0.15) is 0 Å². The van der Waals surface area contributed by atoms with E-state index in [1.807, 2.05) is 24.3 Å². The topological polar surface area (TPSA) is 54.0 Å². The molecule has 1 amide bonds. The molecule has 1 N–H and O–H groups in total. The van der Waals surface area contributed by atoms with E-state index in [-0.39, 0.29) is 11.8 Å². The third-order valence-electron chi connectivity index (χ3n) is 6.45. The van der Waals surface area contributed by atoms with Gasteiger partial charge in [0.25, 0.3) is 0 Å². The summed E-state index contributed by atoms with van der Waals surface area (Å²) in [5, 5.41) is 3.13. The van der Waals surface area contributed by atoms with Crippen molar-refractivity contribution in [3.8, 4) is 11.5 Å².